The molecule has 0 bridgehead atoms. The number of allylic oxidation sites excluding steroid dienone is 1. The van der Waals surface area contributed by atoms with Gasteiger partial charge in [-0.25, -0.2) is 9.59 Å². The van der Waals surface area contributed by atoms with Crippen molar-refractivity contribution in [1.82, 2.24) is 26.6 Å². The van der Waals surface area contributed by atoms with E-state index in [-0.39, 0.29) is 82.0 Å². The van der Waals surface area contributed by atoms with E-state index in [4.69, 9.17) is 25.1 Å². The lowest BCUT2D eigenvalue weighted by Crippen LogP contribution is -2.42. The number of nitrogens with one attached hydrogen (secondary N) is 5. The molecule has 21 heteroatoms. The number of benzene rings is 4. The minimum Gasteiger partial charge on any atom is -0.481 e. The van der Waals surface area contributed by atoms with Crippen molar-refractivity contribution in [2.24, 2.45) is 41.2 Å². The van der Waals surface area contributed by atoms with Crippen LogP contribution in [0.4, 0.5) is 9.59 Å². The Morgan fingerprint density at radius 3 is 1.10 bits per heavy atom. The molecule has 6 rings (SSSR count). The Morgan fingerprint density at radius 1 is 0.490 bits per heavy atom. The zero-order valence-electron chi connectivity index (χ0n) is 61.6. The van der Waals surface area contributed by atoms with Crippen LogP contribution in [0.1, 0.15) is 188 Å². The number of carboxylic acid groups (broad SMARTS) is 1. The van der Waals surface area contributed by atoms with Gasteiger partial charge in [0.05, 0.1) is 49.3 Å². The minimum atomic E-state index is -1.17. The number of aliphatic carboxylic acids is 1. The highest BCUT2D eigenvalue weighted by atomic mass is 16.6. The highest BCUT2D eigenvalue weighted by Gasteiger charge is 2.32. The normalized spacial score (nSPS) is 13.2. The van der Waals surface area contributed by atoms with Gasteiger partial charge in [0.15, 0.2) is 0 Å². The molecule has 0 fully saturated rings. The second-order valence-corrected chi connectivity index (χ2v) is 26.3. The average Bonchev–Trinajstić information content (AvgIpc) is 1.63. The van der Waals surface area contributed by atoms with Gasteiger partial charge in [0.1, 0.15) is 19.0 Å². The Kier molecular flexibility index (Phi) is 50.2. The molecule has 0 saturated carbocycles. The fourth-order valence-corrected chi connectivity index (χ4v) is 10.3. The maximum Gasteiger partial charge on any atom is 0.407 e. The molecule has 0 unspecified atom stereocenters. The molecule has 2 aliphatic carbocycles. The smallest absolute Gasteiger partial charge is 0.407 e. The van der Waals surface area contributed by atoms with E-state index in [0.717, 1.165) is 84.4 Å². The molecule has 0 radical (unpaired) electrons. The number of methoxy groups -OCH3 is 2. The molecule has 6 atom stereocenters. The zero-order valence-corrected chi connectivity index (χ0v) is 61.6. The van der Waals surface area contributed by atoms with Gasteiger partial charge in [0.2, 0.25) is 17.7 Å². The van der Waals surface area contributed by atoms with Gasteiger partial charge in [-0.1, -0.05) is 204 Å². The van der Waals surface area contributed by atoms with E-state index in [2.05, 4.69) is 116 Å². The number of rotatable bonds is 36. The number of nitrogens with two attached hydrogens (primary N) is 1. The standard InChI is InChI=1S/C27H36N2O4.C20H21NO5.C16H32N2O4.C7H17N.C5H10O2.C3H6.CH4/c1-18(2)10-8-9-15-28-26(31)19(3)25(30)16-29-27(32)33-17-24-22-13-6-4-11-20(22)21-12-5-7-14-23(21)24;1-12(19(23)24)18(22)10-21-20(25)26-11-17-15-8-4-2-6-13(15)14-7-3-5-9-16(14)17;1-12(2)7-5-6-9-17-16(21)13(3)14(19)11-18-15(20)8-10-22-4;1-7(2)5-3-4-6-8;1-5(6)3-4-7-2;1-3-2;/h4-7,11-14,18-19,24-25,30H,8-10,15-17H2,1-3H3,(H,28,31)(H,29,32);2-9,12,17-18,22H,10-11H2,1H3,(H,21,25)(H,23,24);12-14,19H,5-11H2,1-4H3,(H,17,21)(H,18,20);7H,3-6,8H2,1-2H3;3-4H2,1-2H3;3H,1H2,2H3;1H4/t19-,25-;12-,18-;13-,14-;;;;/m000..../s1. The van der Waals surface area contributed by atoms with Gasteiger partial charge in [-0.15, -0.1) is 6.58 Å². The summed E-state index contributed by atoms with van der Waals surface area (Å²) in [6.07, 6.45) is 8.35. The van der Waals surface area contributed by atoms with Crippen molar-refractivity contribution >= 4 is 41.7 Å². The van der Waals surface area contributed by atoms with Crippen molar-refractivity contribution in [3.8, 4) is 22.3 Å². The summed E-state index contributed by atoms with van der Waals surface area (Å²) in [4.78, 5) is 80.7. The summed E-state index contributed by atoms with van der Waals surface area (Å²) < 4.78 is 20.2. The number of alkyl carbamates (subject to hydrolysis) is 2. The average molecular weight is 1400 g/mol. The largest absolute Gasteiger partial charge is 0.481 e. The molecule has 4 aromatic rings. The Bertz CT molecular complexity index is 2870. The molecule has 4 aromatic carbocycles. The van der Waals surface area contributed by atoms with E-state index in [0.29, 0.717) is 44.6 Å². The number of ketones is 1. The van der Waals surface area contributed by atoms with E-state index in [1.165, 1.54) is 44.4 Å². The summed E-state index contributed by atoms with van der Waals surface area (Å²) in [6, 6.07) is 32.3. The van der Waals surface area contributed by atoms with Crippen molar-refractivity contribution < 1.29 is 72.9 Å². The van der Waals surface area contributed by atoms with E-state index >= 15 is 0 Å². The quantitative estimate of drug-likeness (QED) is 0.0149. The van der Waals surface area contributed by atoms with Crippen molar-refractivity contribution in [2.75, 3.05) is 79.9 Å². The zero-order chi connectivity index (χ0) is 74.2. The van der Waals surface area contributed by atoms with Crippen LogP contribution in [0.5, 0.6) is 0 Å². The van der Waals surface area contributed by atoms with Crippen LogP contribution in [-0.4, -0.2) is 160 Å². The van der Waals surface area contributed by atoms with E-state index in [1.54, 1.807) is 34.0 Å². The topological polar surface area (TPSA) is 323 Å². The van der Waals surface area contributed by atoms with E-state index in [9.17, 15) is 48.9 Å². The molecule has 0 spiro atoms. The Morgan fingerprint density at radius 2 is 0.800 bits per heavy atom. The predicted octanol–water partition coefficient (Wildman–Crippen LogP) is 12.4. The molecule has 0 heterocycles. The number of aliphatic hydroxyl groups is 3. The molecular weight excluding hydrogens is 1270 g/mol. The highest BCUT2D eigenvalue weighted by molar-refractivity contribution is 5.82. The summed E-state index contributed by atoms with van der Waals surface area (Å²) >= 11 is 0. The van der Waals surface area contributed by atoms with E-state index < -0.39 is 54.2 Å². The van der Waals surface area contributed by atoms with Crippen molar-refractivity contribution in [1.29, 1.82) is 0 Å². The Hall–Kier alpha value is -7.53. The van der Waals surface area contributed by atoms with Crippen LogP contribution >= 0.6 is 0 Å². The molecule has 0 aliphatic heterocycles. The molecule has 562 valence electrons. The van der Waals surface area contributed by atoms with Crippen LogP contribution in [0.15, 0.2) is 110 Å². The second-order valence-electron chi connectivity index (χ2n) is 26.3. The maximum absolute atomic E-state index is 12.3. The molecule has 2 aliphatic rings. The number of fused-ring (bicyclic) bond motifs is 6. The lowest BCUT2D eigenvalue weighted by molar-refractivity contribution is -0.144. The fraction of sp³-hybridized carbons (Fsp3) is 0.582. The first-order valence-electron chi connectivity index (χ1n) is 35.2. The molecule has 21 nitrogen and oxygen atoms in total. The van der Waals surface area contributed by atoms with Crippen LogP contribution in [0.2, 0.25) is 0 Å². The number of ether oxygens (including phenoxy) is 4. The van der Waals surface area contributed by atoms with Crippen LogP contribution in [0.25, 0.3) is 22.3 Å². The van der Waals surface area contributed by atoms with Crippen LogP contribution in [0.3, 0.4) is 0 Å². The van der Waals surface area contributed by atoms with Crippen LogP contribution in [-0.2, 0) is 42.9 Å². The van der Waals surface area contributed by atoms with Gasteiger partial charge in [-0.2, -0.15) is 0 Å². The van der Waals surface area contributed by atoms with E-state index in [1.807, 2.05) is 67.6 Å². The molecule has 0 saturated heterocycles. The Labute approximate surface area is 598 Å². The van der Waals surface area contributed by atoms with Gasteiger partial charge in [0.25, 0.3) is 0 Å². The fourth-order valence-electron chi connectivity index (χ4n) is 10.3. The third-order valence-electron chi connectivity index (χ3n) is 16.5. The molecule has 100 heavy (non-hydrogen) atoms. The summed E-state index contributed by atoms with van der Waals surface area (Å²) in [5.41, 5.74) is 14.4. The first-order chi connectivity index (χ1) is 47.2. The summed E-state index contributed by atoms with van der Waals surface area (Å²) in [5, 5.41) is 52.1. The maximum atomic E-state index is 12.3. The summed E-state index contributed by atoms with van der Waals surface area (Å²) in [5.74, 6) is -1.53. The first kappa shape index (κ1) is 92.5. The van der Waals surface area contributed by atoms with Gasteiger partial charge >= 0.3 is 18.2 Å². The number of carboxylic acids is 1. The van der Waals surface area contributed by atoms with Crippen LogP contribution < -0.4 is 32.3 Å². The summed E-state index contributed by atoms with van der Waals surface area (Å²) in [7, 11) is 3.11. The number of unbranched alkanes of at least 4 members (excludes halogenated alkanes) is 3. The van der Waals surface area contributed by atoms with Gasteiger partial charge in [-0.05, 0) is 109 Å². The minimum absolute atomic E-state index is 0. The van der Waals surface area contributed by atoms with Crippen molar-refractivity contribution in [3.05, 3.63) is 132 Å². The highest BCUT2D eigenvalue weighted by Crippen LogP contribution is 2.45. The SMILES string of the molecule is C.C=CC.CC(C)CCCCN.CC(C)CCCCNC(=O)[C@@H](C)[C@@H](O)CNC(=O)OCC1c2ccccc2-c2ccccc21.COCCC(=O)NC[C@H](O)[C@H](C)C(=O)NCCCCC(C)C.COCCC(C)=O.C[C@H](C(=O)O)[C@@H](O)CNC(=O)OCC1c2ccccc2-c2ccccc21. The Balaban J connectivity index is 0.00000132. The number of Topliss-reactive ketones (excluding diaryl/α,β-unsaturated/α-hetero) is 1. The van der Waals surface area contributed by atoms with Crippen LogP contribution in [0, 0.1) is 35.5 Å². The summed E-state index contributed by atoms with van der Waals surface area (Å²) in [6.45, 7) is 27.9. The third-order valence-corrected chi connectivity index (χ3v) is 16.5. The number of amides is 5. The molecule has 0 aromatic heterocycles. The van der Waals surface area contributed by atoms with Crippen molar-refractivity contribution in [3.63, 3.8) is 0 Å². The third kappa shape index (κ3) is 37.8. The lowest BCUT2D eigenvalue weighted by Gasteiger charge is -2.19. The van der Waals surface area contributed by atoms with Gasteiger partial charge < -0.3 is 71.7 Å². The van der Waals surface area contributed by atoms with Gasteiger partial charge in [-0.3, -0.25) is 24.0 Å². The first-order valence-corrected chi connectivity index (χ1v) is 35.2. The number of carbonyl (C=O) groups excluding carboxylic acids is 6. The predicted molar refractivity (Wildman–Crippen MR) is 400 cm³/mol. The number of hydrogen-bond donors (Lipinski definition) is 10. The van der Waals surface area contributed by atoms with Crippen molar-refractivity contribution in [2.45, 2.75) is 184 Å². The number of carbonyl (C=O) groups is 7. The lowest BCUT2D eigenvalue weighted by atomic mass is 9.98. The molecular formula is C79H126N6O15. The molecule has 5 amide bonds. The second kappa shape index (κ2) is 54.3. The number of hydrogen-bond acceptors (Lipinski definition) is 15. The number of aliphatic hydroxyl groups excluding tert-OH is 3. The van der Waals surface area contributed by atoms with Gasteiger partial charge in [0, 0.05) is 71.6 Å². The molecule has 11 N–H and O–H groups in total. The monoisotopic (exact) mass is 1400 g/mol.